The van der Waals surface area contributed by atoms with E-state index in [0.29, 0.717) is 12.0 Å². The zero-order chi connectivity index (χ0) is 9.14. The number of nitrogens with zero attached hydrogens (tertiary/aromatic N) is 2. The predicted octanol–water partition coefficient (Wildman–Crippen LogP) is 2.28. The fourth-order valence-corrected chi connectivity index (χ4v) is 1.17. The van der Waals surface area contributed by atoms with E-state index in [1.165, 1.54) is 5.70 Å². The molecule has 0 fully saturated rings. The van der Waals surface area contributed by atoms with Crippen LogP contribution in [0.2, 0.25) is 0 Å². The highest BCUT2D eigenvalue weighted by atomic mass is 15.2. The molecule has 1 aliphatic heterocycles. The minimum Gasteiger partial charge on any atom is -0.356 e. The van der Waals surface area contributed by atoms with Crippen molar-refractivity contribution >= 4 is 6.34 Å². The highest BCUT2D eigenvalue weighted by Crippen LogP contribution is 2.14. The van der Waals surface area contributed by atoms with Crippen molar-refractivity contribution < 1.29 is 0 Å². The molecule has 12 heavy (non-hydrogen) atoms. The summed E-state index contributed by atoms with van der Waals surface area (Å²) in [6, 6.07) is 0.554. The lowest BCUT2D eigenvalue weighted by Gasteiger charge is -2.26. The van der Waals surface area contributed by atoms with Gasteiger partial charge in [-0.1, -0.05) is 13.8 Å². The van der Waals surface area contributed by atoms with Gasteiger partial charge in [-0.25, -0.2) is 4.99 Å². The second-order valence-electron chi connectivity index (χ2n) is 3.82. The van der Waals surface area contributed by atoms with Gasteiger partial charge in [0.2, 0.25) is 0 Å². The van der Waals surface area contributed by atoms with E-state index in [0.717, 1.165) is 6.54 Å². The molecule has 0 saturated carbocycles. The Labute approximate surface area is 75.0 Å². The van der Waals surface area contributed by atoms with Crippen LogP contribution in [0.25, 0.3) is 0 Å². The minimum atomic E-state index is 0.551. The summed E-state index contributed by atoms with van der Waals surface area (Å²) < 4.78 is 0. The minimum absolute atomic E-state index is 0.551. The average molecular weight is 166 g/mol. The van der Waals surface area contributed by atoms with Gasteiger partial charge in [-0.3, -0.25) is 0 Å². The quantitative estimate of drug-likeness (QED) is 0.614. The Kier molecular flexibility index (Phi) is 2.90. The first-order valence-electron chi connectivity index (χ1n) is 4.61. The molecular weight excluding hydrogens is 148 g/mol. The summed E-state index contributed by atoms with van der Waals surface area (Å²) in [6.45, 7) is 9.72. The maximum absolute atomic E-state index is 4.39. The normalized spacial score (nSPS) is 17.5. The van der Waals surface area contributed by atoms with Gasteiger partial charge in [-0.2, -0.15) is 0 Å². The van der Waals surface area contributed by atoms with Crippen LogP contribution in [-0.4, -0.2) is 23.8 Å². The third-order valence-electron chi connectivity index (χ3n) is 2.12. The van der Waals surface area contributed by atoms with E-state index < -0.39 is 0 Å². The van der Waals surface area contributed by atoms with Crippen molar-refractivity contribution in [3.05, 3.63) is 11.8 Å². The van der Waals surface area contributed by atoms with Crippen molar-refractivity contribution in [1.82, 2.24) is 4.90 Å². The largest absolute Gasteiger partial charge is 0.356 e. The summed E-state index contributed by atoms with van der Waals surface area (Å²) in [5.41, 5.74) is 1.21. The Hall–Kier alpha value is -0.790. The van der Waals surface area contributed by atoms with E-state index in [4.69, 9.17) is 0 Å². The molecule has 0 aromatic rings. The number of aliphatic imine (C=N–C) groups is 1. The maximum atomic E-state index is 4.39. The zero-order valence-electron chi connectivity index (χ0n) is 8.41. The highest BCUT2D eigenvalue weighted by molar-refractivity contribution is 5.59. The first kappa shape index (κ1) is 9.30. The van der Waals surface area contributed by atoms with Crippen molar-refractivity contribution in [2.24, 2.45) is 10.9 Å². The molecule has 1 rings (SSSR count). The van der Waals surface area contributed by atoms with Crippen LogP contribution in [0.4, 0.5) is 0 Å². The van der Waals surface area contributed by atoms with Crippen molar-refractivity contribution in [2.75, 3.05) is 6.54 Å². The third kappa shape index (κ3) is 2.10. The first-order chi connectivity index (χ1) is 5.61. The van der Waals surface area contributed by atoms with E-state index in [2.05, 4.69) is 43.7 Å². The summed E-state index contributed by atoms with van der Waals surface area (Å²) in [5, 5.41) is 0. The summed E-state index contributed by atoms with van der Waals surface area (Å²) in [4.78, 5) is 6.62. The molecule has 1 heterocycles. The summed E-state index contributed by atoms with van der Waals surface area (Å²) in [5.74, 6) is 0.551. The van der Waals surface area contributed by atoms with Crippen LogP contribution in [0.15, 0.2) is 16.8 Å². The van der Waals surface area contributed by atoms with Gasteiger partial charge >= 0.3 is 0 Å². The molecule has 0 radical (unpaired) electrons. The molecule has 0 atom stereocenters. The molecule has 0 aliphatic carbocycles. The van der Waals surface area contributed by atoms with Crippen LogP contribution < -0.4 is 0 Å². The Morgan fingerprint density at radius 1 is 1.33 bits per heavy atom. The number of allylic oxidation sites excluding steroid dienone is 1. The molecule has 0 aromatic carbocycles. The summed E-state index contributed by atoms with van der Waals surface area (Å²) in [6.07, 6.45) is 4.17. The molecule has 0 amide bonds. The Morgan fingerprint density at radius 2 is 2.00 bits per heavy atom. The Morgan fingerprint density at radius 3 is 2.33 bits per heavy atom. The summed E-state index contributed by atoms with van der Waals surface area (Å²) >= 11 is 0. The number of hydrogen-bond donors (Lipinski definition) is 0. The van der Waals surface area contributed by atoms with Crippen LogP contribution in [0.5, 0.6) is 0 Å². The Balaban J connectivity index is 2.55. The molecule has 0 bridgehead atoms. The highest BCUT2D eigenvalue weighted by Gasteiger charge is 2.10. The van der Waals surface area contributed by atoms with Crippen LogP contribution >= 0.6 is 0 Å². The zero-order valence-corrected chi connectivity index (χ0v) is 8.41. The van der Waals surface area contributed by atoms with Crippen LogP contribution in [0.1, 0.15) is 27.7 Å². The lowest BCUT2D eigenvalue weighted by atomic mass is 10.1. The van der Waals surface area contributed by atoms with Gasteiger partial charge in [0, 0.05) is 18.3 Å². The lowest BCUT2D eigenvalue weighted by Crippen LogP contribution is -2.31. The van der Waals surface area contributed by atoms with Gasteiger partial charge in [0.15, 0.2) is 0 Å². The predicted molar refractivity (Wildman–Crippen MR) is 53.3 cm³/mol. The molecule has 2 heteroatoms. The van der Waals surface area contributed by atoms with Crippen LogP contribution in [0, 0.1) is 5.92 Å². The molecule has 0 aromatic heterocycles. The fourth-order valence-electron chi connectivity index (χ4n) is 1.17. The van der Waals surface area contributed by atoms with E-state index in [-0.39, 0.29) is 0 Å². The molecule has 2 nitrogen and oxygen atoms in total. The van der Waals surface area contributed by atoms with Gasteiger partial charge in [0.05, 0.1) is 6.34 Å². The van der Waals surface area contributed by atoms with E-state index in [1.54, 1.807) is 0 Å². The second kappa shape index (κ2) is 3.74. The monoisotopic (exact) mass is 166 g/mol. The molecule has 68 valence electrons. The molecular formula is C10H18N2. The van der Waals surface area contributed by atoms with Crippen molar-refractivity contribution in [2.45, 2.75) is 33.7 Å². The smallest absolute Gasteiger partial charge is 0.0913 e. The van der Waals surface area contributed by atoms with Gasteiger partial charge in [-0.15, -0.1) is 0 Å². The SMILES string of the molecule is CC(C)C1=CCN(C(C)C)C=N1. The van der Waals surface area contributed by atoms with Crippen LogP contribution in [0.3, 0.4) is 0 Å². The van der Waals surface area contributed by atoms with Gasteiger partial charge in [-0.05, 0) is 25.8 Å². The van der Waals surface area contributed by atoms with E-state index in [1.807, 2.05) is 6.34 Å². The number of rotatable bonds is 2. The maximum Gasteiger partial charge on any atom is 0.0913 e. The lowest BCUT2D eigenvalue weighted by molar-refractivity contribution is 0.386. The molecule has 0 N–H and O–H groups in total. The van der Waals surface area contributed by atoms with Crippen LogP contribution in [-0.2, 0) is 0 Å². The number of hydrogen-bond acceptors (Lipinski definition) is 2. The van der Waals surface area contributed by atoms with Gasteiger partial charge in [0.1, 0.15) is 0 Å². The van der Waals surface area contributed by atoms with Crippen molar-refractivity contribution in [3.8, 4) is 0 Å². The standard InChI is InChI=1S/C10H18N2/c1-8(2)10-5-6-12(7-11-10)9(3)4/h5,7-9H,6H2,1-4H3. The van der Waals surface area contributed by atoms with Crippen molar-refractivity contribution in [3.63, 3.8) is 0 Å². The Bertz CT molecular complexity index is 202. The van der Waals surface area contributed by atoms with E-state index in [9.17, 15) is 0 Å². The molecule has 1 aliphatic rings. The molecule has 0 spiro atoms. The molecule has 0 saturated heterocycles. The average Bonchev–Trinajstić information content (AvgIpc) is 2.04. The van der Waals surface area contributed by atoms with E-state index >= 15 is 0 Å². The molecule has 0 unspecified atom stereocenters. The fraction of sp³-hybridized carbons (Fsp3) is 0.700. The first-order valence-corrected chi connectivity index (χ1v) is 4.61. The topological polar surface area (TPSA) is 15.6 Å². The third-order valence-corrected chi connectivity index (χ3v) is 2.12. The van der Waals surface area contributed by atoms with Gasteiger partial charge < -0.3 is 4.90 Å². The van der Waals surface area contributed by atoms with Gasteiger partial charge in [0.25, 0.3) is 0 Å². The second-order valence-corrected chi connectivity index (χ2v) is 3.82. The summed E-state index contributed by atoms with van der Waals surface area (Å²) in [7, 11) is 0. The van der Waals surface area contributed by atoms with Crippen molar-refractivity contribution in [1.29, 1.82) is 0 Å².